The van der Waals surface area contributed by atoms with Crippen molar-refractivity contribution in [2.75, 3.05) is 29.7 Å². The number of amides is 2. The third-order valence-electron chi connectivity index (χ3n) is 4.93. The number of nitrogens with one attached hydrogen (secondary N) is 1. The van der Waals surface area contributed by atoms with E-state index in [1.807, 2.05) is 0 Å². The van der Waals surface area contributed by atoms with Gasteiger partial charge in [0.1, 0.15) is 5.60 Å². The number of aliphatic imine (C=N–C) groups is 1. The van der Waals surface area contributed by atoms with E-state index in [0.29, 0.717) is 22.4 Å². The lowest BCUT2D eigenvalue weighted by molar-refractivity contribution is -0.117. The number of alkyl carbamates (subject to hydrolysis) is 1. The highest BCUT2D eigenvalue weighted by Gasteiger charge is 2.49. The van der Waals surface area contributed by atoms with Crippen LogP contribution in [-0.4, -0.2) is 67.3 Å². The number of nitrogens with zero attached hydrogens (tertiary/aromatic N) is 2. The number of amidine groups is 1. The topological polar surface area (TPSA) is 124 Å². The van der Waals surface area contributed by atoms with Crippen molar-refractivity contribution >= 4 is 44.5 Å². The molecular weight excluding hydrogens is 458 g/mol. The summed E-state index contributed by atoms with van der Waals surface area (Å²) in [7, 11) is -3.17. The summed E-state index contributed by atoms with van der Waals surface area (Å²) in [6.07, 6.45) is -0.610. The summed E-state index contributed by atoms with van der Waals surface area (Å²) in [5.41, 5.74) is 0.0580. The quantitative estimate of drug-likeness (QED) is 0.684. The summed E-state index contributed by atoms with van der Waals surface area (Å²) in [5, 5.41) is 2.76. The van der Waals surface area contributed by atoms with E-state index in [0.717, 1.165) is 0 Å². The molecule has 3 aliphatic rings. The maximum Gasteiger partial charge on any atom is 0.407 e. The van der Waals surface area contributed by atoms with E-state index in [2.05, 4.69) is 10.3 Å². The van der Waals surface area contributed by atoms with Gasteiger partial charge in [-0.1, -0.05) is 11.8 Å². The Morgan fingerprint density at radius 1 is 1.25 bits per heavy atom. The van der Waals surface area contributed by atoms with E-state index < -0.39 is 27.4 Å². The lowest BCUT2D eigenvalue weighted by Gasteiger charge is -2.24. The molecule has 174 valence electrons. The van der Waals surface area contributed by atoms with Crippen LogP contribution in [0.15, 0.2) is 23.2 Å². The van der Waals surface area contributed by atoms with Gasteiger partial charge in [0.25, 0.3) is 0 Å². The van der Waals surface area contributed by atoms with Gasteiger partial charge in [-0.15, -0.1) is 0 Å². The molecule has 0 saturated carbocycles. The number of fused-ring (bicyclic) bond motifs is 2. The van der Waals surface area contributed by atoms with Crippen LogP contribution >= 0.6 is 11.8 Å². The molecule has 0 unspecified atom stereocenters. The Labute approximate surface area is 190 Å². The highest BCUT2D eigenvalue weighted by molar-refractivity contribution is 8.16. The Kier molecular flexibility index (Phi) is 6.01. The lowest BCUT2D eigenvalue weighted by Crippen LogP contribution is -2.37. The summed E-state index contributed by atoms with van der Waals surface area (Å²) < 4.78 is 40.3. The number of hydrogen-bond donors (Lipinski definition) is 1. The van der Waals surface area contributed by atoms with Crippen molar-refractivity contribution in [2.24, 2.45) is 4.99 Å². The van der Waals surface area contributed by atoms with Gasteiger partial charge in [-0.3, -0.25) is 4.79 Å². The monoisotopic (exact) mass is 483 g/mol. The van der Waals surface area contributed by atoms with Crippen LogP contribution in [0.5, 0.6) is 11.5 Å². The van der Waals surface area contributed by atoms with Gasteiger partial charge in [-0.25, -0.2) is 13.2 Å². The van der Waals surface area contributed by atoms with Crippen LogP contribution in [0.3, 0.4) is 0 Å². The molecule has 1 N–H and O–H groups in total. The largest absolute Gasteiger partial charge is 0.454 e. The minimum Gasteiger partial charge on any atom is -0.454 e. The molecule has 2 atom stereocenters. The first-order valence-corrected chi connectivity index (χ1v) is 12.9. The van der Waals surface area contributed by atoms with Crippen molar-refractivity contribution < 1.29 is 32.2 Å². The maximum atomic E-state index is 12.5. The molecule has 4 rings (SSSR count). The van der Waals surface area contributed by atoms with E-state index in [9.17, 15) is 18.0 Å². The Balaban J connectivity index is 1.48. The average Bonchev–Trinajstić information content (AvgIpc) is 3.31. The first-order valence-electron chi connectivity index (χ1n) is 10.2. The Hall–Kier alpha value is -2.47. The fourth-order valence-electron chi connectivity index (χ4n) is 3.65. The van der Waals surface area contributed by atoms with Gasteiger partial charge in [0, 0.05) is 30.0 Å². The fraction of sp³-hybridized carbons (Fsp3) is 0.550. The second-order valence-corrected chi connectivity index (χ2v) is 12.0. The number of sulfone groups is 1. The van der Waals surface area contributed by atoms with Gasteiger partial charge in [-0.2, -0.15) is 4.99 Å². The standard InChI is InChI=1S/C20H25N3O7S2/c1-20(2,3)30-19(25)21-7-6-17(24)22-18-23(13-9-32(26,27)10-16(13)31-18)12-4-5-14-15(8-12)29-11-28-14/h4-5,8,13,16H,6-7,9-11H2,1-3H3,(H,21,25)/t13-,16+/m1/s1. The van der Waals surface area contributed by atoms with E-state index in [-0.39, 0.29) is 42.6 Å². The smallest absolute Gasteiger partial charge is 0.407 e. The minimum absolute atomic E-state index is 0.00742. The summed E-state index contributed by atoms with van der Waals surface area (Å²) >= 11 is 1.29. The molecule has 0 aromatic heterocycles. The lowest BCUT2D eigenvalue weighted by atomic mass is 10.2. The van der Waals surface area contributed by atoms with Gasteiger partial charge in [0.15, 0.2) is 26.5 Å². The zero-order chi connectivity index (χ0) is 23.1. The molecular formula is C20H25N3O7S2. The first-order chi connectivity index (χ1) is 15.0. The van der Waals surface area contributed by atoms with Crippen LogP contribution in [0.2, 0.25) is 0 Å². The second kappa shape index (κ2) is 8.47. The third-order valence-corrected chi connectivity index (χ3v) is 8.14. The minimum atomic E-state index is -3.17. The van der Waals surface area contributed by atoms with Crippen LogP contribution < -0.4 is 19.7 Å². The van der Waals surface area contributed by atoms with Crippen molar-refractivity contribution in [3.8, 4) is 11.5 Å². The number of hydrogen-bond acceptors (Lipinski definition) is 8. The molecule has 10 nitrogen and oxygen atoms in total. The molecule has 2 amide bonds. The number of carbonyl (C=O) groups excluding carboxylic acids is 2. The van der Waals surface area contributed by atoms with Crippen LogP contribution in [0.1, 0.15) is 27.2 Å². The molecule has 0 aliphatic carbocycles. The maximum absolute atomic E-state index is 12.5. The Morgan fingerprint density at radius 2 is 2.00 bits per heavy atom. The molecule has 1 aromatic rings. The van der Waals surface area contributed by atoms with E-state index in [4.69, 9.17) is 14.2 Å². The highest BCUT2D eigenvalue weighted by Crippen LogP contribution is 2.43. The van der Waals surface area contributed by atoms with E-state index in [1.54, 1.807) is 43.9 Å². The van der Waals surface area contributed by atoms with Gasteiger partial charge < -0.3 is 24.4 Å². The molecule has 0 radical (unpaired) electrons. The summed E-state index contributed by atoms with van der Waals surface area (Å²) in [4.78, 5) is 30.3. The van der Waals surface area contributed by atoms with Crippen molar-refractivity contribution in [3.63, 3.8) is 0 Å². The van der Waals surface area contributed by atoms with Crippen molar-refractivity contribution in [1.82, 2.24) is 5.32 Å². The third kappa shape index (κ3) is 5.12. The molecule has 3 heterocycles. The summed E-state index contributed by atoms with van der Waals surface area (Å²) in [5.74, 6) is 0.781. The molecule has 2 saturated heterocycles. The first kappa shape index (κ1) is 22.7. The van der Waals surface area contributed by atoms with Gasteiger partial charge in [0.2, 0.25) is 12.7 Å². The molecule has 32 heavy (non-hydrogen) atoms. The highest BCUT2D eigenvalue weighted by atomic mass is 32.2. The SMILES string of the molecule is CC(C)(C)OC(=O)NCCC(=O)N=C1S[C@H]2CS(=O)(=O)C[C@H]2N1c1ccc2c(c1)OCO2. The Morgan fingerprint density at radius 3 is 2.75 bits per heavy atom. The van der Waals surface area contributed by atoms with Crippen LogP contribution in [0.4, 0.5) is 10.5 Å². The summed E-state index contributed by atoms with van der Waals surface area (Å²) in [6.45, 7) is 5.47. The zero-order valence-corrected chi connectivity index (χ0v) is 19.6. The fourth-order valence-corrected chi connectivity index (χ4v) is 7.58. The van der Waals surface area contributed by atoms with Crippen molar-refractivity contribution in [2.45, 2.75) is 44.1 Å². The predicted octanol–water partition coefficient (Wildman–Crippen LogP) is 1.93. The molecule has 2 fully saturated rings. The van der Waals surface area contributed by atoms with Crippen molar-refractivity contribution in [1.29, 1.82) is 0 Å². The van der Waals surface area contributed by atoms with Crippen molar-refractivity contribution in [3.05, 3.63) is 18.2 Å². The molecule has 1 aromatic carbocycles. The number of anilines is 1. The van der Waals surface area contributed by atoms with E-state index >= 15 is 0 Å². The molecule has 12 heteroatoms. The summed E-state index contributed by atoms with van der Waals surface area (Å²) in [6, 6.07) is 4.99. The van der Waals surface area contributed by atoms with Gasteiger partial charge >= 0.3 is 6.09 Å². The molecule has 0 bridgehead atoms. The molecule has 0 spiro atoms. The van der Waals surface area contributed by atoms with Gasteiger partial charge in [-0.05, 0) is 32.9 Å². The van der Waals surface area contributed by atoms with E-state index in [1.165, 1.54) is 11.8 Å². The number of ether oxygens (including phenoxy) is 3. The van der Waals surface area contributed by atoms with Crippen LogP contribution in [0.25, 0.3) is 0 Å². The van der Waals surface area contributed by atoms with Crippen LogP contribution in [-0.2, 0) is 19.4 Å². The number of rotatable bonds is 4. The Bertz CT molecular complexity index is 1070. The molecule has 3 aliphatic heterocycles. The second-order valence-electron chi connectivity index (χ2n) is 8.67. The predicted molar refractivity (Wildman–Crippen MR) is 120 cm³/mol. The number of carbonyl (C=O) groups is 2. The number of benzene rings is 1. The van der Waals surface area contributed by atoms with Gasteiger partial charge in [0.05, 0.1) is 17.5 Å². The normalized spacial score (nSPS) is 24.5. The van der Waals surface area contributed by atoms with Crippen LogP contribution in [0, 0.1) is 0 Å². The zero-order valence-electron chi connectivity index (χ0n) is 18.0. The average molecular weight is 484 g/mol. The number of thioether (sulfide) groups is 1.